The fourth-order valence-electron chi connectivity index (χ4n) is 3.42. The number of benzene rings is 3. The zero-order valence-electron chi connectivity index (χ0n) is 14.7. The van der Waals surface area contributed by atoms with Gasteiger partial charge in [0.25, 0.3) is 10.0 Å². The van der Waals surface area contributed by atoms with E-state index in [1.807, 2.05) is 36.4 Å². The van der Waals surface area contributed by atoms with E-state index >= 15 is 0 Å². The standard InChI is InChI=1S/C20H20BrN3O2S/c21-17-7-3-4-8-20(17)27(25,26)23-18-9-10-19(24-13-11-22-12-14-24)16-6-2-1-5-15(16)18/h1-10,22-23H,11-14H2. The molecule has 1 fully saturated rings. The van der Waals surface area contributed by atoms with Gasteiger partial charge in [0.1, 0.15) is 4.90 Å². The van der Waals surface area contributed by atoms with Crippen LogP contribution in [0.5, 0.6) is 0 Å². The number of halogens is 1. The minimum Gasteiger partial charge on any atom is -0.368 e. The van der Waals surface area contributed by atoms with Gasteiger partial charge < -0.3 is 10.2 Å². The maximum atomic E-state index is 12.9. The molecule has 0 radical (unpaired) electrons. The summed E-state index contributed by atoms with van der Waals surface area (Å²) in [4.78, 5) is 2.56. The number of piperazine rings is 1. The van der Waals surface area contributed by atoms with Crippen LogP contribution in [0.1, 0.15) is 0 Å². The van der Waals surface area contributed by atoms with E-state index in [9.17, 15) is 8.42 Å². The number of rotatable bonds is 4. The molecule has 7 heteroatoms. The molecule has 4 rings (SSSR count). The lowest BCUT2D eigenvalue weighted by Crippen LogP contribution is -2.43. The molecule has 140 valence electrons. The Labute approximate surface area is 167 Å². The van der Waals surface area contributed by atoms with Gasteiger partial charge in [-0.25, -0.2) is 8.42 Å². The van der Waals surface area contributed by atoms with Crippen LogP contribution in [0.2, 0.25) is 0 Å². The highest BCUT2D eigenvalue weighted by molar-refractivity contribution is 9.10. The van der Waals surface area contributed by atoms with Gasteiger partial charge in [0.2, 0.25) is 0 Å². The van der Waals surface area contributed by atoms with Gasteiger partial charge in [-0.15, -0.1) is 0 Å². The van der Waals surface area contributed by atoms with E-state index in [4.69, 9.17) is 0 Å². The Morgan fingerprint density at radius 1 is 0.889 bits per heavy atom. The van der Waals surface area contributed by atoms with Crippen LogP contribution in [0, 0.1) is 0 Å². The smallest absolute Gasteiger partial charge is 0.263 e. The summed E-state index contributed by atoms with van der Waals surface area (Å²) >= 11 is 3.33. The van der Waals surface area contributed by atoms with E-state index in [1.165, 1.54) is 0 Å². The largest absolute Gasteiger partial charge is 0.368 e. The number of nitrogens with one attached hydrogen (secondary N) is 2. The third kappa shape index (κ3) is 3.67. The van der Waals surface area contributed by atoms with Crippen molar-refractivity contribution in [1.82, 2.24) is 5.32 Å². The summed E-state index contributed by atoms with van der Waals surface area (Å²) in [5.74, 6) is 0. The van der Waals surface area contributed by atoms with Crippen LogP contribution in [-0.2, 0) is 10.0 Å². The number of hydrogen-bond acceptors (Lipinski definition) is 4. The maximum absolute atomic E-state index is 12.9. The first kappa shape index (κ1) is 18.3. The molecule has 1 aliphatic heterocycles. The molecule has 3 aromatic rings. The minimum atomic E-state index is -3.69. The molecular weight excluding hydrogens is 426 g/mol. The molecule has 5 nitrogen and oxygen atoms in total. The van der Waals surface area contributed by atoms with Gasteiger partial charge in [0, 0.05) is 47.1 Å². The molecule has 27 heavy (non-hydrogen) atoms. The Morgan fingerprint density at radius 3 is 2.30 bits per heavy atom. The first-order chi connectivity index (χ1) is 13.1. The van der Waals surface area contributed by atoms with Crippen molar-refractivity contribution in [3.63, 3.8) is 0 Å². The summed E-state index contributed by atoms with van der Waals surface area (Å²) in [6.07, 6.45) is 0. The second kappa shape index (κ2) is 7.50. The molecule has 0 aromatic heterocycles. The van der Waals surface area contributed by atoms with Crippen LogP contribution >= 0.6 is 15.9 Å². The SMILES string of the molecule is O=S(=O)(Nc1ccc(N2CCNCC2)c2ccccc12)c1ccccc1Br. The van der Waals surface area contributed by atoms with Gasteiger partial charge in [0.05, 0.1) is 5.69 Å². The number of anilines is 2. The van der Waals surface area contributed by atoms with Crippen LogP contribution in [0.4, 0.5) is 11.4 Å². The fourth-order valence-corrected chi connectivity index (χ4v) is 5.50. The predicted octanol–water partition coefficient (Wildman–Crippen LogP) is 3.81. The van der Waals surface area contributed by atoms with Crippen molar-refractivity contribution in [2.45, 2.75) is 4.90 Å². The third-order valence-corrected chi connectivity index (χ3v) is 7.11. The highest BCUT2D eigenvalue weighted by atomic mass is 79.9. The van der Waals surface area contributed by atoms with Crippen molar-refractivity contribution in [2.24, 2.45) is 0 Å². The summed E-state index contributed by atoms with van der Waals surface area (Å²) < 4.78 is 29.1. The van der Waals surface area contributed by atoms with Crippen LogP contribution in [0.25, 0.3) is 10.8 Å². The van der Waals surface area contributed by atoms with Gasteiger partial charge in [-0.3, -0.25) is 4.72 Å². The first-order valence-corrected chi connectivity index (χ1v) is 11.1. The molecule has 2 N–H and O–H groups in total. The van der Waals surface area contributed by atoms with Crippen molar-refractivity contribution < 1.29 is 8.42 Å². The van der Waals surface area contributed by atoms with Crippen LogP contribution in [-0.4, -0.2) is 34.6 Å². The molecule has 1 heterocycles. The van der Waals surface area contributed by atoms with Gasteiger partial charge in [0.15, 0.2) is 0 Å². The molecule has 0 spiro atoms. The van der Waals surface area contributed by atoms with E-state index in [1.54, 1.807) is 24.3 Å². The van der Waals surface area contributed by atoms with E-state index in [0.29, 0.717) is 10.2 Å². The monoisotopic (exact) mass is 445 g/mol. The second-order valence-electron chi connectivity index (χ2n) is 6.45. The summed E-state index contributed by atoms with van der Waals surface area (Å²) in [5, 5.41) is 5.30. The molecule has 0 saturated carbocycles. The zero-order valence-corrected chi connectivity index (χ0v) is 17.1. The van der Waals surface area contributed by atoms with E-state index in [2.05, 4.69) is 30.9 Å². The summed E-state index contributed by atoms with van der Waals surface area (Å²) in [6.45, 7) is 3.77. The molecule has 0 bridgehead atoms. The molecule has 1 aliphatic rings. The van der Waals surface area contributed by atoms with E-state index in [0.717, 1.165) is 42.6 Å². The third-order valence-electron chi connectivity index (χ3n) is 4.73. The number of fused-ring (bicyclic) bond motifs is 1. The van der Waals surface area contributed by atoms with Gasteiger partial charge in [-0.2, -0.15) is 0 Å². The average Bonchev–Trinajstić information content (AvgIpc) is 2.69. The number of hydrogen-bond donors (Lipinski definition) is 2. The Bertz CT molecular complexity index is 1080. The van der Waals surface area contributed by atoms with Crippen molar-refractivity contribution in [2.75, 3.05) is 35.8 Å². The number of nitrogens with zero attached hydrogens (tertiary/aromatic N) is 1. The quantitative estimate of drug-likeness (QED) is 0.640. The minimum absolute atomic E-state index is 0.222. The predicted molar refractivity (Wildman–Crippen MR) is 114 cm³/mol. The molecule has 0 unspecified atom stereocenters. The summed E-state index contributed by atoms with van der Waals surface area (Å²) in [6, 6.07) is 18.6. The topological polar surface area (TPSA) is 61.4 Å². The van der Waals surface area contributed by atoms with E-state index < -0.39 is 10.0 Å². The average molecular weight is 446 g/mol. The van der Waals surface area contributed by atoms with Crippen molar-refractivity contribution in [3.8, 4) is 0 Å². The molecule has 0 amide bonds. The van der Waals surface area contributed by atoms with Crippen LogP contribution in [0.3, 0.4) is 0 Å². The van der Waals surface area contributed by atoms with Crippen LogP contribution < -0.4 is 14.9 Å². The van der Waals surface area contributed by atoms with Gasteiger partial charge in [-0.1, -0.05) is 36.4 Å². The van der Waals surface area contributed by atoms with Gasteiger partial charge in [-0.05, 0) is 40.2 Å². The Balaban J connectivity index is 1.76. The number of sulfonamides is 1. The maximum Gasteiger partial charge on any atom is 0.263 e. The molecule has 1 saturated heterocycles. The molecule has 3 aromatic carbocycles. The van der Waals surface area contributed by atoms with Gasteiger partial charge >= 0.3 is 0 Å². The van der Waals surface area contributed by atoms with Crippen molar-refractivity contribution in [1.29, 1.82) is 0 Å². The van der Waals surface area contributed by atoms with Crippen molar-refractivity contribution in [3.05, 3.63) is 65.1 Å². The Morgan fingerprint density at radius 2 is 1.56 bits per heavy atom. The van der Waals surface area contributed by atoms with E-state index in [-0.39, 0.29) is 4.90 Å². The summed E-state index contributed by atoms with van der Waals surface area (Å²) in [7, 11) is -3.69. The first-order valence-electron chi connectivity index (χ1n) is 8.81. The Kier molecular flexibility index (Phi) is 5.08. The normalized spacial score (nSPS) is 15.1. The fraction of sp³-hybridized carbons (Fsp3) is 0.200. The van der Waals surface area contributed by atoms with Crippen LogP contribution in [0.15, 0.2) is 70.0 Å². The molecular formula is C20H20BrN3O2S. The lowest BCUT2D eigenvalue weighted by Gasteiger charge is -2.30. The zero-order chi connectivity index (χ0) is 18.9. The highest BCUT2D eigenvalue weighted by Gasteiger charge is 2.20. The highest BCUT2D eigenvalue weighted by Crippen LogP contribution is 2.34. The lowest BCUT2D eigenvalue weighted by molar-refractivity contribution is 0.590. The summed E-state index contributed by atoms with van der Waals surface area (Å²) in [5.41, 5.74) is 1.72. The van der Waals surface area contributed by atoms with Crippen molar-refractivity contribution >= 4 is 48.1 Å². The second-order valence-corrected chi connectivity index (χ2v) is 8.96. The molecule has 0 aliphatic carbocycles. The molecule has 0 atom stereocenters. The Hall–Kier alpha value is -2.09. The lowest BCUT2D eigenvalue weighted by atomic mass is 10.1.